The van der Waals surface area contributed by atoms with Crippen molar-refractivity contribution in [2.45, 2.75) is 6.54 Å². The van der Waals surface area contributed by atoms with Gasteiger partial charge in [0.05, 0.1) is 11.6 Å². The summed E-state index contributed by atoms with van der Waals surface area (Å²) in [6.45, 7) is 0.403. The molecule has 0 amide bonds. The molecule has 0 saturated heterocycles. The Kier molecular flexibility index (Phi) is 5.92. The third-order valence-electron chi connectivity index (χ3n) is 1.46. The molecule has 3 nitrogen and oxygen atoms in total. The maximum Gasteiger partial charge on any atom is 0.186 e. The molecule has 0 unspecified atom stereocenters. The summed E-state index contributed by atoms with van der Waals surface area (Å²) in [5, 5.41) is 0.646. The van der Waals surface area contributed by atoms with Crippen molar-refractivity contribution in [2.24, 2.45) is 16.5 Å². The van der Waals surface area contributed by atoms with E-state index in [1.807, 2.05) is 18.2 Å². The average molecular weight is 299 g/mol. The molecule has 1 rings (SSSR count). The van der Waals surface area contributed by atoms with Gasteiger partial charge in [-0.2, -0.15) is 0 Å². The van der Waals surface area contributed by atoms with E-state index in [0.717, 1.165) is 10.0 Å². The number of hydrogen-bond acceptors (Lipinski definition) is 1. The average Bonchev–Trinajstić information content (AvgIpc) is 2.07. The van der Waals surface area contributed by atoms with Gasteiger partial charge in [0.2, 0.25) is 0 Å². The topological polar surface area (TPSA) is 64.4 Å². The Morgan fingerprint density at radius 1 is 1.43 bits per heavy atom. The number of rotatable bonds is 2. The largest absolute Gasteiger partial charge is 0.370 e. The van der Waals surface area contributed by atoms with Crippen molar-refractivity contribution < 1.29 is 0 Å². The van der Waals surface area contributed by atoms with Gasteiger partial charge in [-0.05, 0) is 27.6 Å². The molecule has 0 spiro atoms. The minimum Gasteiger partial charge on any atom is -0.370 e. The number of halogens is 3. The molecule has 0 saturated carbocycles. The molecule has 14 heavy (non-hydrogen) atoms. The van der Waals surface area contributed by atoms with Crippen molar-refractivity contribution in [1.29, 1.82) is 0 Å². The molecular weight excluding hydrogens is 289 g/mol. The van der Waals surface area contributed by atoms with Crippen LogP contribution in [0.1, 0.15) is 5.56 Å². The Hall–Kier alpha value is -0.450. The van der Waals surface area contributed by atoms with Crippen LogP contribution in [0.25, 0.3) is 0 Å². The molecule has 0 aliphatic heterocycles. The van der Waals surface area contributed by atoms with Gasteiger partial charge in [-0.25, -0.2) is 4.99 Å². The predicted molar refractivity (Wildman–Crippen MR) is 65.9 cm³/mol. The van der Waals surface area contributed by atoms with E-state index in [9.17, 15) is 0 Å². The van der Waals surface area contributed by atoms with Crippen LogP contribution in [0.3, 0.4) is 0 Å². The molecule has 1 aromatic carbocycles. The molecule has 1 aromatic rings. The first kappa shape index (κ1) is 13.5. The first-order valence-electron chi connectivity index (χ1n) is 3.59. The number of aliphatic imine (C=N–C) groups is 1. The zero-order valence-corrected chi connectivity index (χ0v) is 10.4. The predicted octanol–water partition coefficient (Wildman–Crippen LogP) is 2.30. The fraction of sp³-hybridized carbons (Fsp3) is 0.125. The zero-order chi connectivity index (χ0) is 9.84. The van der Waals surface area contributed by atoms with Gasteiger partial charge in [0.15, 0.2) is 5.96 Å². The summed E-state index contributed by atoms with van der Waals surface area (Å²) in [5.41, 5.74) is 11.3. The minimum absolute atomic E-state index is 0. The summed E-state index contributed by atoms with van der Waals surface area (Å²) in [6, 6.07) is 5.62. The Morgan fingerprint density at radius 3 is 2.64 bits per heavy atom. The Balaban J connectivity index is 0.00000169. The summed E-state index contributed by atoms with van der Waals surface area (Å²) in [7, 11) is 0. The van der Waals surface area contributed by atoms with Gasteiger partial charge in [0.25, 0.3) is 0 Å². The van der Waals surface area contributed by atoms with E-state index in [-0.39, 0.29) is 18.4 Å². The fourth-order valence-electron chi connectivity index (χ4n) is 0.847. The second-order valence-electron chi connectivity index (χ2n) is 2.45. The monoisotopic (exact) mass is 297 g/mol. The second kappa shape index (κ2) is 6.11. The summed E-state index contributed by atoms with van der Waals surface area (Å²) >= 11 is 9.29. The van der Waals surface area contributed by atoms with E-state index in [1.165, 1.54) is 0 Å². The number of nitrogens with two attached hydrogens (primary N) is 2. The van der Waals surface area contributed by atoms with Gasteiger partial charge in [0, 0.05) is 4.47 Å². The maximum absolute atomic E-state index is 5.98. The van der Waals surface area contributed by atoms with Crippen molar-refractivity contribution >= 4 is 45.9 Å². The van der Waals surface area contributed by atoms with Crippen LogP contribution in [0.5, 0.6) is 0 Å². The van der Waals surface area contributed by atoms with Crippen LogP contribution >= 0.6 is 39.9 Å². The molecule has 6 heteroatoms. The van der Waals surface area contributed by atoms with E-state index in [0.29, 0.717) is 11.6 Å². The lowest BCUT2D eigenvalue weighted by Crippen LogP contribution is -2.22. The maximum atomic E-state index is 5.98. The van der Waals surface area contributed by atoms with Gasteiger partial charge in [-0.1, -0.05) is 23.7 Å². The zero-order valence-electron chi connectivity index (χ0n) is 7.21. The SMILES string of the molecule is Cl.NC(N)=NCc1cccc(Br)c1Cl. The van der Waals surface area contributed by atoms with Gasteiger partial charge in [-0.3, -0.25) is 0 Å². The highest BCUT2D eigenvalue weighted by molar-refractivity contribution is 9.10. The van der Waals surface area contributed by atoms with E-state index in [1.54, 1.807) is 0 Å². The Morgan fingerprint density at radius 2 is 2.07 bits per heavy atom. The lowest BCUT2D eigenvalue weighted by molar-refractivity contribution is 1.05. The highest BCUT2D eigenvalue weighted by atomic mass is 79.9. The van der Waals surface area contributed by atoms with Crippen LogP contribution in [-0.2, 0) is 6.54 Å². The van der Waals surface area contributed by atoms with E-state index < -0.39 is 0 Å². The van der Waals surface area contributed by atoms with Crippen molar-refractivity contribution in [3.8, 4) is 0 Å². The van der Waals surface area contributed by atoms with E-state index in [2.05, 4.69) is 20.9 Å². The van der Waals surface area contributed by atoms with Gasteiger partial charge >= 0.3 is 0 Å². The van der Waals surface area contributed by atoms with Crippen LogP contribution in [0.15, 0.2) is 27.7 Å². The molecule has 0 heterocycles. The van der Waals surface area contributed by atoms with Crippen molar-refractivity contribution in [3.05, 3.63) is 33.3 Å². The van der Waals surface area contributed by atoms with Crippen molar-refractivity contribution in [3.63, 3.8) is 0 Å². The van der Waals surface area contributed by atoms with E-state index >= 15 is 0 Å². The van der Waals surface area contributed by atoms with Crippen LogP contribution in [0, 0.1) is 0 Å². The van der Waals surface area contributed by atoms with Crippen LogP contribution in [0.2, 0.25) is 5.02 Å². The van der Waals surface area contributed by atoms with Gasteiger partial charge in [-0.15, -0.1) is 12.4 Å². The van der Waals surface area contributed by atoms with Crippen LogP contribution in [0.4, 0.5) is 0 Å². The smallest absolute Gasteiger partial charge is 0.186 e. The molecule has 0 aliphatic rings. The molecular formula is C8H10BrCl2N3. The summed E-state index contributed by atoms with van der Waals surface area (Å²) in [5.74, 6) is 0.0658. The van der Waals surface area contributed by atoms with Gasteiger partial charge in [0.1, 0.15) is 0 Å². The number of benzene rings is 1. The number of guanidine groups is 1. The van der Waals surface area contributed by atoms with Crippen LogP contribution < -0.4 is 11.5 Å². The quantitative estimate of drug-likeness (QED) is 0.650. The second-order valence-corrected chi connectivity index (χ2v) is 3.69. The molecule has 0 aliphatic carbocycles. The summed E-state index contributed by atoms with van der Waals surface area (Å²) in [6.07, 6.45) is 0. The first-order chi connectivity index (χ1) is 6.11. The standard InChI is InChI=1S/C8H9BrClN3.ClH/c9-6-3-1-2-5(7(6)10)4-13-8(11)12;/h1-3H,4H2,(H4,11,12,13);1H. The molecule has 0 atom stereocenters. The fourth-order valence-corrected chi connectivity index (χ4v) is 1.44. The number of hydrogen-bond donors (Lipinski definition) is 2. The third kappa shape index (κ3) is 3.74. The summed E-state index contributed by atoms with van der Waals surface area (Å²) in [4.78, 5) is 3.86. The molecule has 0 aromatic heterocycles. The molecule has 0 fully saturated rings. The van der Waals surface area contributed by atoms with Crippen molar-refractivity contribution in [2.75, 3.05) is 0 Å². The Bertz CT molecular complexity index is 337. The van der Waals surface area contributed by atoms with Gasteiger partial charge < -0.3 is 11.5 Å². The third-order valence-corrected chi connectivity index (χ3v) is 2.80. The molecule has 78 valence electrons. The van der Waals surface area contributed by atoms with Crippen molar-refractivity contribution in [1.82, 2.24) is 0 Å². The normalized spacial score (nSPS) is 9.00. The summed E-state index contributed by atoms with van der Waals surface area (Å²) < 4.78 is 0.845. The molecule has 4 N–H and O–H groups in total. The first-order valence-corrected chi connectivity index (χ1v) is 4.76. The minimum atomic E-state index is 0. The Labute approximate surface area is 102 Å². The van der Waals surface area contributed by atoms with E-state index in [4.69, 9.17) is 23.1 Å². The molecule has 0 bridgehead atoms. The lowest BCUT2D eigenvalue weighted by Gasteiger charge is -2.02. The highest BCUT2D eigenvalue weighted by Gasteiger charge is 2.02. The highest BCUT2D eigenvalue weighted by Crippen LogP contribution is 2.26. The molecule has 0 radical (unpaired) electrons. The number of nitrogens with zero attached hydrogens (tertiary/aromatic N) is 1. The lowest BCUT2D eigenvalue weighted by atomic mass is 10.2. The van der Waals surface area contributed by atoms with Crippen LogP contribution in [-0.4, -0.2) is 5.96 Å².